The summed E-state index contributed by atoms with van der Waals surface area (Å²) in [4.78, 5) is 11.8. The number of hydrogen-bond donors (Lipinski definition) is 2. The molecule has 25 heavy (non-hydrogen) atoms. The Morgan fingerprint density at radius 2 is 1.96 bits per heavy atom. The summed E-state index contributed by atoms with van der Waals surface area (Å²) < 4.78 is 38.0. The molecule has 0 aromatic heterocycles. The molecule has 0 bridgehead atoms. The van der Waals surface area contributed by atoms with Gasteiger partial charge < -0.3 is 14.8 Å². The molecule has 0 radical (unpaired) electrons. The number of carbonyl (C=O) groups is 1. The van der Waals surface area contributed by atoms with Crippen LogP contribution in [0.15, 0.2) is 23.1 Å². The number of ether oxygens (including phenoxy) is 2. The lowest BCUT2D eigenvalue weighted by molar-refractivity contribution is 0.0577. The minimum Gasteiger partial charge on any atom is -0.465 e. The Morgan fingerprint density at radius 1 is 1.28 bits per heavy atom. The maximum atomic E-state index is 12.6. The molecule has 1 fully saturated rings. The number of piperidine rings is 1. The maximum Gasteiger partial charge on any atom is 0.338 e. The fourth-order valence-corrected chi connectivity index (χ4v) is 4.35. The Morgan fingerprint density at radius 3 is 2.52 bits per heavy atom. The van der Waals surface area contributed by atoms with Crippen LogP contribution in [0.4, 0.5) is 0 Å². The number of benzene rings is 1. The van der Waals surface area contributed by atoms with Crippen molar-refractivity contribution in [3.8, 4) is 0 Å². The summed E-state index contributed by atoms with van der Waals surface area (Å²) in [6.07, 6.45) is 1.70. The van der Waals surface area contributed by atoms with Gasteiger partial charge in [-0.25, -0.2) is 17.9 Å². The topological polar surface area (TPSA) is 93.7 Å². The summed E-state index contributed by atoms with van der Waals surface area (Å²) in [5.74, 6) is -0.483. The van der Waals surface area contributed by atoms with E-state index in [2.05, 4.69) is 14.8 Å². The summed E-state index contributed by atoms with van der Waals surface area (Å²) in [5, 5.41) is 3.28. The number of sulfonamides is 1. The third-order valence-electron chi connectivity index (χ3n) is 4.67. The Kier molecular flexibility index (Phi) is 6.56. The van der Waals surface area contributed by atoms with Gasteiger partial charge in [-0.15, -0.1) is 0 Å². The van der Waals surface area contributed by atoms with Crippen molar-refractivity contribution < 1.29 is 22.7 Å². The Labute approximate surface area is 149 Å². The molecule has 1 aliphatic rings. The monoisotopic (exact) mass is 370 g/mol. The summed E-state index contributed by atoms with van der Waals surface area (Å²) in [7, 11) is -0.740. The number of carbonyl (C=O) groups excluding carboxylic acids is 1. The molecule has 2 N–H and O–H groups in total. The van der Waals surface area contributed by atoms with Crippen molar-refractivity contribution in [3.05, 3.63) is 29.3 Å². The fourth-order valence-electron chi connectivity index (χ4n) is 3.11. The van der Waals surface area contributed by atoms with Gasteiger partial charge >= 0.3 is 5.97 Å². The smallest absolute Gasteiger partial charge is 0.338 e. The third kappa shape index (κ3) is 4.78. The highest BCUT2D eigenvalue weighted by atomic mass is 32.2. The second kappa shape index (κ2) is 8.27. The molecule has 0 spiro atoms. The van der Waals surface area contributed by atoms with Crippen molar-refractivity contribution in [3.63, 3.8) is 0 Å². The molecular formula is C17H26N2O5S. The number of esters is 1. The van der Waals surface area contributed by atoms with Crippen molar-refractivity contribution in [1.29, 1.82) is 0 Å². The molecule has 1 saturated heterocycles. The van der Waals surface area contributed by atoms with E-state index in [4.69, 9.17) is 4.74 Å². The zero-order chi connectivity index (χ0) is 18.5. The Balaban J connectivity index is 2.15. The SMILES string of the molecule is COCC1(CNS(=O)(=O)c2ccc(C(=O)OC)c(C)c2)CCNCC1. The quantitative estimate of drug-likeness (QED) is 0.698. The molecule has 1 heterocycles. The van der Waals surface area contributed by atoms with Gasteiger partial charge in [0.15, 0.2) is 0 Å². The van der Waals surface area contributed by atoms with Crippen LogP contribution in [0, 0.1) is 12.3 Å². The van der Waals surface area contributed by atoms with E-state index in [-0.39, 0.29) is 10.3 Å². The highest BCUT2D eigenvalue weighted by Gasteiger charge is 2.33. The van der Waals surface area contributed by atoms with Gasteiger partial charge in [-0.3, -0.25) is 0 Å². The molecule has 1 aromatic rings. The van der Waals surface area contributed by atoms with E-state index in [1.54, 1.807) is 14.0 Å². The zero-order valence-electron chi connectivity index (χ0n) is 14.9. The van der Waals surface area contributed by atoms with Crippen LogP contribution < -0.4 is 10.0 Å². The van der Waals surface area contributed by atoms with Gasteiger partial charge in [-0.05, 0) is 56.6 Å². The van der Waals surface area contributed by atoms with Crippen LogP contribution in [0.25, 0.3) is 0 Å². The molecule has 1 aliphatic heterocycles. The van der Waals surface area contributed by atoms with E-state index < -0.39 is 16.0 Å². The predicted octanol–water partition coefficient (Wildman–Crippen LogP) is 1.08. The van der Waals surface area contributed by atoms with E-state index in [1.807, 2.05) is 0 Å². The van der Waals surface area contributed by atoms with Gasteiger partial charge in [0.1, 0.15) is 0 Å². The van der Waals surface area contributed by atoms with Crippen LogP contribution >= 0.6 is 0 Å². The van der Waals surface area contributed by atoms with Crippen LogP contribution in [-0.2, 0) is 19.5 Å². The molecule has 1 aromatic carbocycles. The van der Waals surface area contributed by atoms with E-state index in [1.165, 1.54) is 25.3 Å². The van der Waals surface area contributed by atoms with Gasteiger partial charge in [0.2, 0.25) is 10.0 Å². The highest BCUT2D eigenvalue weighted by Crippen LogP contribution is 2.29. The Bertz CT molecular complexity index is 706. The summed E-state index contributed by atoms with van der Waals surface area (Å²) in [6.45, 7) is 4.21. The van der Waals surface area contributed by atoms with Crippen molar-refractivity contribution >= 4 is 16.0 Å². The average molecular weight is 370 g/mol. The van der Waals surface area contributed by atoms with Crippen molar-refractivity contribution in [2.24, 2.45) is 5.41 Å². The molecule has 7 nitrogen and oxygen atoms in total. The second-order valence-corrected chi connectivity index (χ2v) is 8.24. The predicted molar refractivity (Wildman–Crippen MR) is 94.1 cm³/mol. The molecule has 0 amide bonds. The minimum absolute atomic E-state index is 0.138. The fraction of sp³-hybridized carbons (Fsp3) is 0.588. The molecule has 140 valence electrons. The van der Waals surface area contributed by atoms with Gasteiger partial charge in [0.05, 0.1) is 24.2 Å². The molecule has 2 rings (SSSR count). The standard InChI is InChI=1S/C17H26N2O5S/c1-13-10-14(4-5-15(13)16(20)24-3)25(21,22)19-11-17(12-23-2)6-8-18-9-7-17/h4-5,10,18-19H,6-9,11-12H2,1-3H3. The number of nitrogens with one attached hydrogen (secondary N) is 2. The largest absolute Gasteiger partial charge is 0.465 e. The van der Waals surface area contributed by atoms with Gasteiger partial charge in [0, 0.05) is 19.1 Å². The number of methoxy groups -OCH3 is 2. The molecule has 0 atom stereocenters. The average Bonchev–Trinajstić information content (AvgIpc) is 2.60. The maximum absolute atomic E-state index is 12.6. The van der Waals surface area contributed by atoms with Crippen LogP contribution in [0.5, 0.6) is 0 Å². The van der Waals surface area contributed by atoms with Crippen LogP contribution in [0.3, 0.4) is 0 Å². The molecule has 8 heteroatoms. The number of aryl methyl sites for hydroxylation is 1. The van der Waals surface area contributed by atoms with Crippen molar-refractivity contribution in [2.45, 2.75) is 24.7 Å². The lowest BCUT2D eigenvalue weighted by Gasteiger charge is -2.37. The van der Waals surface area contributed by atoms with Crippen LogP contribution in [-0.4, -0.2) is 54.8 Å². The minimum atomic E-state index is -3.67. The van der Waals surface area contributed by atoms with Gasteiger partial charge in [0.25, 0.3) is 0 Å². The second-order valence-electron chi connectivity index (χ2n) is 6.48. The van der Waals surface area contributed by atoms with E-state index >= 15 is 0 Å². The van der Waals surface area contributed by atoms with Crippen LogP contribution in [0.1, 0.15) is 28.8 Å². The number of rotatable bonds is 7. The molecule has 0 aliphatic carbocycles. The first-order chi connectivity index (χ1) is 11.8. The third-order valence-corrected chi connectivity index (χ3v) is 6.06. The van der Waals surface area contributed by atoms with Gasteiger partial charge in [-0.2, -0.15) is 0 Å². The van der Waals surface area contributed by atoms with E-state index in [0.717, 1.165) is 25.9 Å². The summed E-state index contributed by atoms with van der Waals surface area (Å²) in [6, 6.07) is 4.39. The highest BCUT2D eigenvalue weighted by molar-refractivity contribution is 7.89. The van der Waals surface area contributed by atoms with Crippen molar-refractivity contribution in [1.82, 2.24) is 10.0 Å². The van der Waals surface area contributed by atoms with E-state index in [9.17, 15) is 13.2 Å². The van der Waals surface area contributed by atoms with Crippen molar-refractivity contribution in [2.75, 3.05) is 40.5 Å². The normalized spacial score (nSPS) is 17.2. The first-order valence-electron chi connectivity index (χ1n) is 8.22. The number of hydrogen-bond acceptors (Lipinski definition) is 6. The van der Waals surface area contributed by atoms with Crippen LogP contribution in [0.2, 0.25) is 0 Å². The Hall–Kier alpha value is -1.48. The first-order valence-corrected chi connectivity index (χ1v) is 9.70. The lowest BCUT2D eigenvalue weighted by atomic mass is 9.80. The summed E-state index contributed by atoms with van der Waals surface area (Å²) >= 11 is 0. The molecule has 0 unspecified atom stereocenters. The summed E-state index contributed by atoms with van der Waals surface area (Å²) in [5.41, 5.74) is 0.715. The zero-order valence-corrected chi connectivity index (χ0v) is 15.7. The van der Waals surface area contributed by atoms with Gasteiger partial charge in [-0.1, -0.05) is 0 Å². The first kappa shape index (κ1) is 19.8. The molecular weight excluding hydrogens is 344 g/mol. The molecule has 0 saturated carbocycles. The van der Waals surface area contributed by atoms with E-state index in [0.29, 0.717) is 24.3 Å². The lowest BCUT2D eigenvalue weighted by Crippen LogP contribution is -2.47.